The van der Waals surface area contributed by atoms with Gasteiger partial charge in [0.2, 0.25) is 0 Å². The summed E-state index contributed by atoms with van der Waals surface area (Å²) in [5.74, 6) is 1.87. The zero-order valence-corrected chi connectivity index (χ0v) is 11.1. The summed E-state index contributed by atoms with van der Waals surface area (Å²) in [5.41, 5.74) is 0. The fourth-order valence-electron chi connectivity index (χ4n) is 1.76. The van der Waals surface area contributed by atoms with Gasteiger partial charge in [-0.05, 0) is 32.1 Å². The van der Waals surface area contributed by atoms with E-state index in [1.54, 1.807) is 0 Å². The molecule has 0 heterocycles. The number of hydrogen-bond acceptors (Lipinski definition) is 1. The number of guanidine groups is 1. The molecular formula is C13H27N3. The summed E-state index contributed by atoms with van der Waals surface area (Å²) >= 11 is 0. The van der Waals surface area contributed by atoms with Crippen LogP contribution in [-0.2, 0) is 0 Å². The molecule has 1 atom stereocenters. The van der Waals surface area contributed by atoms with Gasteiger partial charge in [0, 0.05) is 19.6 Å². The molecule has 0 aromatic carbocycles. The molecule has 0 aromatic heterocycles. The third-order valence-electron chi connectivity index (χ3n) is 3.10. The lowest BCUT2D eigenvalue weighted by Gasteiger charge is -2.17. The molecule has 1 aliphatic carbocycles. The molecule has 0 radical (unpaired) electrons. The van der Waals surface area contributed by atoms with Crippen molar-refractivity contribution in [3.63, 3.8) is 0 Å². The highest BCUT2D eigenvalue weighted by Crippen LogP contribution is 2.27. The zero-order chi connectivity index (χ0) is 11.8. The van der Waals surface area contributed by atoms with Crippen molar-refractivity contribution >= 4 is 5.96 Å². The van der Waals surface area contributed by atoms with E-state index in [2.05, 4.69) is 29.5 Å². The Morgan fingerprint density at radius 3 is 2.69 bits per heavy atom. The zero-order valence-electron chi connectivity index (χ0n) is 11.1. The fourth-order valence-corrected chi connectivity index (χ4v) is 1.76. The van der Waals surface area contributed by atoms with Gasteiger partial charge in [0.1, 0.15) is 0 Å². The number of hydrogen-bond donors (Lipinski definition) is 2. The summed E-state index contributed by atoms with van der Waals surface area (Å²) in [5, 5.41) is 6.84. The molecular weight excluding hydrogens is 198 g/mol. The SMILES string of the molecule is CCCCCC(C)NC(=NC)NCC1CC1. The van der Waals surface area contributed by atoms with Crippen LogP contribution in [0, 0.1) is 5.92 Å². The van der Waals surface area contributed by atoms with E-state index in [1.165, 1.54) is 38.5 Å². The summed E-state index contributed by atoms with van der Waals surface area (Å²) in [4.78, 5) is 4.25. The largest absolute Gasteiger partial charge is 0.356 e. The third-order valence-corrected chi connectivity index (χ3v) is 3.10. The van der Waals surface area contributed by atoms with Crippen molar-refractivity contribution in [2.45, 2.75) is 58.4 Å². The molecule has 94 valence electrons. The minimum absolute atomic E-state index is 0.525. The van der Waals surface area contributed by atoms with Gasteiger partial charge in [0.25, 0.3) is 0 Å². The van der Waals surface area contributed by atoms with Gasteiger partial charge >= 0.3 is 0 Å². The Labute approximate surface area is 100 Å². The number of nitrogens with one attached hydrogen (secondary N) is 2. The van der Waals surface area contributed by atoms with E-state index in [4.69, 9.17) is 0 Å². The topological polar surface area (TPSA) is 36.4 Å². The third kappa shape index (κ3) is 5.99. The molecule has 1 fully saturated rings. The van der Waals surface area contributed by atoms with Crippen LogP contribution in [0.25, 0.3) is 0 Å². The Morgan fingerprint density at radius 2 is 2.12 bits per heavy atom. The van der Waals surface area contributed by atoms with E-state index in [-0.39, 0.29) is 0 Å². The van der Waals surface area contributed by atoms with Crippen molar-refractivity contribution in [3.8, 4) is 0 Å². The van der Waals surface area contributed by atoms with Gasteiger partial charge in [-0.2, -0.15) is 0 Å². The number of aliphatic imine (C=N–C) groups is 1. The average Bonchev–Trinajstić information content (AvgIpc) is 3.08. The smallest absolute Gasteiger partial charge is 0.191 e. The molecule has 16 heavy (non-hydrogen) atoms. The van der Waals surface area contributed by atoms with Crippen LogP contribution in [0.4, 0.5) is 0 Å². The first-order chi connectivity index (χ1) is 7.76. The van der Waals surface area contributed by atoms with Crippen molar-refractivity contribution in [3.05, 3.63) is 0 Å². The normalized spacial score (nSPS) is 18.3. The van der Waals surface area contributed by atoms with Crippen molar-refractivity contribution in [1.29, 1.82) is 0 Å². The number of nitrogens with zero attached hydrogens (tertiary/aromatic N) is 1. The fraction of sp³-hybridized carbons (Fsp3) is 0.923. The Morgan fingerprint density at radius 1 is 1.38 bits per heavy atom. The second kappa shape index (κ2) is 7.53. The van der Waals surface area contributed by atoms with Crippen LogP contribution in [0.2, 0.25) is 0 Å². The van der Waals surface area contributed by atoms with Gasteiger partial charge in [0.05, 0.1) is 0 Å². The van der Waals surface area contributed by atoms with Crippen LogP contribution < -0.4 is 10.6 Å². The number of unbranched alkanes of at least 4 members (excludes halogenated alkanes) is 2. The molecule has 3 heteroatoms. The summed E-state index contributed by atoms with van der Waals surface area (Å²) in [7, 11) is 1.85. The average molecular weight is 225 g/mol. The van der Waals surface area contributed by atoms with Crippen molar-refractivity contribution < 1.29 is 0 Å². The molecule has 1 saturated carbocycles. The highest BCUT2D eigenvalue weighted by atomic mass is 15.2. The maximum atomic E-state index is 4.25. The predicted octanol–water partition coefficient (Wildman–Crippen LogP) is 2.53. The lowest BCUT2D eigenvalue weighted by atomic mass is 10.1. The highest BCUT2D eigenvalue weighted by Gasteiger charge is 2.21. The Hall–Kier alpha value is -0.730. The molecule has 0 aliphatic heterocycles. The van der Waals surface area contributed by atoms with Gasteiger partial charge in [-0.1, -0.05) is 26.2 Å². The molecule has 2 N–H and O–H groups in total. The predicted molar refractivity (Wildman–Crippen MR) is 70.8 cm³/mol. The van der Waals surface area contributed by atoms with Gasteiger partial charge in [-0.3, -0.25) is 4.99 Å². The van der Waals surface area contributed by atoms with Gasteiger partial charge in [-0.25, -0.2) is 0 Å². The molecule has 0 spiro atoms. The van der Waals surface area contributed by atoms with Gasteiger partial charge in [0.15, 0.2) is 5.96 Å². The summed E-state index contributed by atoms with van der Waals surface area (Å²) in [6.07, 6.45) is 7.94. The van der Waals surface area contributed by atoms with Crippen molar-refractivity contribution in [1.82, 2.24) is 10.6 Å². The Kier molecular flexibility index (Phi) is 6.27. The van der Waals surface area contributed by atoms with E-state index < -0.39 is 0 Å². The monoisotopic (exact) mass is 225 g/mol. The Bertz CT molecular complexity index is 209. The van der Waals surface area contributed by atoms with E-state index in [9.17, 15) is 0 Å². The van der Waals surface area contributed by atoms with Crippen LogP contribution in [0.1, 0.15) is 52.4 Å². The lowest BCUT2D eigenvalue weighted by Crippen LogP contribution is -2.42. The second-order valence-corrected chi connectivity index (χ2v) is 4.94. The summed E-state index contributed by atoms with van der Waals surface area (Å²) in [6, 6.07) is 0.525. The van der Waals surface area contributed by atoms with Gasteiger partial charge in [-0.15, -0.1) is 0 Å². The summed E-state index contributed by atoms with van der Waals surface area (Å²) in [6.45, 7) is 5.56. The summed E-state index contributed by atoms with van der Waals surface area (Å²) < 4.78 is 0. The molecule has 1 aliphatic rings. The van der Waals surface area contributed by atoms with E-state index >= 15 is 0 Å². The van der Waals surface area contributed by atoms with Crippen LogP contribution in [-0.4, -0.2) is 25.6 Å². The van der Waals surface area contributed by atoms with Crippen molar-refractivity contribution in [2.75, 3.05) is 13.6 Å². The maximum absolute atomic E-state index is 4.25. The maximum Gasteiger partial charge on any atom is 0.191 e. The van der Waals surface area contributed by atoms with E-state index in [1.807, 2.05) is 7.05 Å². The molecule has 1 rings (SSSR count). The minimum Gasteiger partial charge on any atom is -0.356 e. The molecule has 0 aromatic rings. The first-order valence-corrected chi connectivity index (χ1v) is 6.73. The second-order valence-electron chi connectivity index (χ2n) is 4.94. The van der Waals surface area contributed by atoms with Crippen molar-refractivity contribution in [2.24, 2.45) is 10.9 Å². The standard InChI is InChI=1S/C13H27N3/c1-4-5-6-7-11(2)16-13(14-3)15-10-12-8-9-12/h11-12H,4-10H2,1-3H3,(H2,14,15,16). The van der Waals surface area contributed by atoms with E-state index in [0.717, 1.165) is 18.4 Å². The van der Waals surface area contributed by atoms with Crippen LogP contribution in [0.15, 0.2) is 4.99 Å². The quantitative estimate of drug-likeness (QED) is 0.397. The molecule has 0 amide bonds. The van der Waals surface area contributed by atoms with Crippen LogP contribution in [0.5, 0.6) is 0 Å². The first kappa shape index (κ1) is 13.3. The molecule has 0 bridgehead atoms. The molecule has 1 unspecified atom stereocenters. The molecule has 0 saturated heterocycles. The van der Waals surface area contributed by atoms with Crippen LogP contribution >= 0.6 is 0 Å². The minimum atomic E-state index is 0.525. The number of rotatable bonds is 7. The highest BCUT2D eigenvalue weighted by molar-refractivity contribution is 5.79. The van der Waals surface area contributed by atoms with E-state index in [0.29, 0.717) is 6.04 Å². The molecule has 3 nitrogen and oxygen atoms in total. The Balaban J connectivity index is 2.10. The first-order valence-electron chi connectivity index (χ1n) is 6.73. The van der Waals surface area contributed by atoms with Crippen LogP contribution in [0.3, 0.4) is 0 Å². The lowest BCUT2D eigenvalue weighted by molar-refractivity contribution is 0.545. The van der Waals surface area contributed by atoms with Gasteiger partial charge < -0.3 is 10.6 Å².